The van der Waals surface area contributed by atoms with E-state index in [0.29, 0.717) is 0 Å². The van der Waals surface area contributed by atoms with Crippen molar-refractivity contribution >= 4 is 17.0 Å². The lowest BCUT2D eigenvalue weighted by atomic mass is 10.1. The van der Waals surface area contributed by atoms with Gasteiger partial charge in [0.1, 0.15) is 11.3 Å². The van der Waals surface area contributed by atoms with Gasteiger partial charge in [0.2, 0.25) is 0 Å². The van der Waals surface area contributed by atoms with Crippen LogP contribution in [0.5, 0.6) is 0 Å². The monoisotopic (exact) mass is 300 g/mol. The van der Waals surface area contributed by atoms with E-state index in [9.17, 15) is 4.79 Å². The SMILES string of the molecule is CC(NC(=O)N[C@@H]1C=C[C@H](CO)C1)c1cc2ccccc2o1. The Bertz CT molecular complexity index is 659. The maximum absolute atomic E-state index is 12.0. The fourth-order valence-corrected chi connectivity index (χ4v) is 2.71. The summed E-state index contributed by atoms with van der Waals surface area (Å²) >= 11 is 0. The lowest BCUT2D eigenvalue weighted by Gasteiger charge is -2.16. The molecule has 3 rings (SSSR count). The fourth-order valence-electron chi connectivity index (χ4n) is 2.71. The molecule has 1 aliphatic rings. The third-order valence-corrected chi connectivity index (χ3v) is 3.94. The van der Waals surface area contributed by atoms with Crippen LogP contribution in [0.25, 0.3) is 11.0 Å². The third kappa shape index (κ3) is 3.14. The van der Waals surface area contributed by atoms with Crippen molar-refractivity contribution in [3.8, 4) is 0 Å². The van der Waals surface area contributed by atoms with Crippen LogP contribution in [-0.4, -0.2) is 23.8 Å². The second kappa shape index (κ2) is 6.23. The predicted molar refractivity (Wildman–Crippen MR) is 84.4 cm³/mol. The molecule has 0 saturated heterocycles. The molecule has 1 heterocycles. The average molecular weight is 300 g/mol. The van der Waals surface area contributed by atoms with Crippen LogP contribution in [-0.2, 0) is 0 Å². The first kappa shape index (κ1) is 14.7. The third-order valence-electron chi connectivity index (χ3n) is 3.94. The predicted octanol–water partition coefficient (Wildman–Crippen LogP) is 2.73. The van der Waals surface area contributed by atoms with E-state index in [1.165, 1.54) is 0 Å². The molecule has 1 aliphatic carbocycles. The van der Waals surface area contributed by atoms with Crippen LogP contribution in [0.15, 0.2) is 46.9 Å². The Kier molecular flexibility index (Phi) is 4.15. The molecule has 3 N–H and O–H groups in total. The summed E-state index contributed by atoms with van der Waals surface area (Å²) in [5.41, 5.74) is 0.816. The highest BCUT2D eigenvalue weighted by Crippen LogP contribution is 2.23. The van der Waals surface area contributed by atoms with Crippen molar-refractivity contribution in [2.45, 2.75) is 25.4 Å². The smallest absolute Gasteiger partial charge is 0.315 e. The minimum atomic E-state index is -0.235. The zero-order valence-electron chi connectivity index (χ0n) is 12.5. The Morgan fingerprint density at radius 1 is 1.41 bits per heavy atom. The molecule has 1 aromatic heterocycles. The second-order valence-corrected chi connectivity index (χ2v) is 5.70. The van der Waals surface area contributed by atoms with E-state index in [4.69, 9.17) is 9.52 Å². The van der Waals surface area contributed by atoms with E-state index in [-0.39, 0.29) is 30.6 Å². The van der Waals surface area contributed by atoms with Gasteiger partial charge in [0.15, 0.2) is 0 Å². The molecule has 1 unspecified atom stereocenters. The molecule has 0 saturated carbocycles. The summed E-state index contributed by atoms with van der Waals surface area (Å²) in [5, 5.41) is 15.9. The normalized spacial score (nSPS) is 21.9. The van der Waals surface area contributed by atoms with Gasteiger partial charge in [-0.2, -0.15) is 0 Å². The molecule has 5 heteroatoms. The van der Waals surface area contributed by atoms with Gasteiger partial charge in [-0.3, -0.25) is 0 Å². The van der Waals surface area contributed by atoms with Gasteiger partial charge < -0.3 is 20.2 Å². The maximum Gasteiger partial charge on any atom is 0.315 e. The quantitative estimate of drug-likeness (QED) is 0.760. The summed E-state index contributed by atoms with van der Waals surface area (Å²) in [5.74, 6) is 0.865. The molecule has 0 radical (unpaired) electrons. The molecular weight excluding hydrogens is 280 g/mol. The van der Waals surface area contributed by atoms with Gasteiger partial charge in [-0.1, -0.05) is 30.4 Å². The highest BCUT2D eigenvalue weighted by atomic mass is 16.3. The van der Waals surface area contributed by atoms with Crippen molar-refractivity contribution in [3.63, 3.8) is 0 Å². The van der Waals surface area contributed by atoms with E-state index in [1.807, 2.05) is 49.4 Å². The summed E-state index contributed by atoms with van der Waals surface area (Å²) in [6.45, 7) is 2.00. The zero-order valence-corrected chi connectivity index (χ0v) is 12.5. The number of hydrogen-bond acceptors (Lipinski definition) is 3. The van der Waals surface area contributed by atoms with Crippen molar-refractivity contribution in [1.82, 2.24) is 10.6 Å². The Hall–Kier alpha value is -2.27. The number of rotatable bonds is 4. The number of nitrogens with one attached hydrogen (secondary N) is 2. The van der Waals surface area contributed by atoms with E-state index in [2.05, 4.69) is 10.6 Å². The number of fused-ring (bicyclic) bond motifs is 1. The maximum atomic E-state index is 12.0. The van der Waals surface area contributed by atoms with Crippen molar-refractivity contribution in [1.29, 1.82) is 0 Å². The number of amides is 2. The lowest BCUT2D eigenvalue weighted by molar-refractivity contribution is 0.228. The first-order chi connectivity index (χ1) is 10.7. The standard InChI is InChI=1S/C17H20N2O3/c1-11(16-9-13-4-2-3-5-15(13)22-16)18-17(21)19-14-7-6-12(8-14)10-20/h2-7,9,11-12,14,20H,8,10H2,1H3,(H2,18,19,21)/t11?,12-,14+/m0/s1. The molecule has 0 fully saturated rings. The molecule has 22 heavy (non-hydrogen) atoms. The zero-order chi connectivity index (χ0) is 15.5. The number of carbonyl (C=O) groups excluding carboxylic acids is 1. The van der Waals surface area contributed by atoms with Crippen LogP contribution < -0.4 is 10.6 Å². The number of furan rings is 1. The number of carbonyl (C=O) groups is 1. The van der Waals surface area contributed by atoms with Gasteiger partial charge in [-0.25, -0.2) is 4.79 Å². The van der Waals surface area contributed by atoms with Gasteiger partial charge in [0.05, 0.1) is 6.04 Å². The molecule has 1 aromatic carbocycles. The summed E-state index contributed by atoms with van der Waals surface area (Å²) in [6, 6.07) is 9.23. The van der Waals surface area contributed by atoms with Crippen LogP contribution in [0.2, 0.25) is 0 Å². The van der Waals surface area contributed by atoms with Crippen LogP contribution >= 0.6 is 0 Å². The van der Waals surface area contributed by atoms with E-state index in [0.717, 1.165) is 23.2 Å². The largest absolute Gasteiger partial charge is 0.459 e. The van der Waals surface area contributed by atoms with E-state index in [1.54, 1.807) is 0 Å². The molecule has 3 atom stereocenters. The Morgan fingerprint density at radius 2 is 2.23 bits per heavy atom. The van der Waals surface area contributed by atoms with Crippen molar-refractivity contribution in [2.24, 2.45) is 5.92 Å². The fraction of sp³-hybridized carbons (Fsp3) is 0.353. The average Bonchev–Trinajstić information content (AvgIpc) is 3.12. The molecule has 0 bridgehead atoms. The minimum Gasteiger partial charge on any atom is -0.459 e. The molecule has 116 valence electrons. The van der Waals surface area contributed by atoms with Gasteiger partial charge >= 0.3 is 6.03 Å². The van der Waals surface area contributed by atoms with Gasteiger partial charge in [-0.05, 0) is 25.5 Å². The van der Waals surface area contributed by atoms with Crippen LogP contribution in [0.4, 0.5) is 4.79 Å². The topological polar surface area (TPSA) is 74.5 Å². The van der Waals surface area contributed by atoms with Gasteiger partial charge in [0.25, 0.3) is 0 Å². The van der Waals surface area contributed by atoms with Crippen molar-refractivity contribution in [2.75, 3.05) is 6.61 Å². The summed E-state index contributed by atoms with van der Waals surface area (Å²) < 4.78 is 5.75. The number of benzene rings is 1. The van der Waals surface area contributed by atoms with Crippen LogP contribution in [0, 0.1) is 5.92 Å². The number of para-hydroxylation sites is 1. The number of aliphatic hydroxyl groups is 1. The van der Waals surface area contributed by atoms with Crippen LogP contribution in [0.3, 0.4) is 0 Å². The first-order valence-electron chi connectivity index (χ1n) is 7.50. The van der Waals surface area contributed by atoms with Gasteiger partial charge in [0, 0.05) is 24.0 Å². The number of urea groups is 1. The summed E-state index contributed by atoms with van der Waals surface area (Å²) in [6.07, 6.45) is 4.60. The molecule has 5 nitrogen and oxygen atoms in total. The minimum absolute atomic E-state index is 0.0278. The van der Waals surface area contributed by atoms with E-state index >= 15 is 0 Å². The second-order valence-electron chi connectivity index (χ2n) is 5.70. The molecular formula is C17H20N2O3. The Balaban J connectivity index is 1.58. The number of aliphatic hydroxyl groups excluding tert-OH is 1. The van der Waals surface area contributed by atoms with Gasteiger partial charge in [-0.15, -0.1) is 0 Å². The molecule has 2 amide bonds. The highest BCUT2D eigenvalue weighted by molar-refractivity contribution is 5.78. The Labute approximate surface area is 129 Å². The molecule has 0 spiro atoms. The van der Waals surface area contributed by atoms with E-state index < -0.39 is 0 Å². The first-order valence-corrected chi connectivity index (χ1v) is 7.50. The molecule has 2 aromatic rings. The lowest BCUT2D eigenvalue weighted by Crippen LogP contribution is -2.41. The van der Waals surface area contributed by atoms with Crippen LogP contribution in [0.1, 0.15) is 25.1 Å². The van der Waals surface area contributed by atoms with Crippen molar-refractivity contribution < 1.29 is 14.3 Å². The molecule has 0 aliphatic heterocycles. The Morgan fingerprint density at radius 3 is 2.95 bits per heavy atom. The van der Waals surface area contributed by atoms with Crippen molar-refractivity contribution in [3.05, 3.63) is 48.2 Å². The summed E-state index contributed by atoms with van der Waals surface area (Å²) in [4.78, 5) is 12.0. The summed E-state index contributed by atoms with van der Waals surface area (Å²) in [7, 11) is 0. The highest BCUT2D eigenvalue weighted by Gasteiger charge is 2.21. The number of hydrogen-bond donors (Lipinski definition) is 3.